The molecule has 10 heteroatoms. The van der Waals surface area contributed by atoms with E-state index < -0.39 is 21.7 Å². The van der Waals surface area contributed by atoms with E-state index in [2.05, 4.69) is 5.32 Å². The molecular weight excluding hydrogens is 427 g/mol. The van der Waals surface area contributed by atoms with Crippen molar-refractivity contribution in [1.29, 1.82) is 0 Å². The number of halogens is 2. The first-order chi connectivity index (χ1) is 12.9. The van der Waals surface area contributed by atoms with Gasteiger partial charge in [0, 0.05) is 32.3 Å². The van der Waals surface area contributed by atoms with Crippen LogP contribution in [0.4, 0.5) is 4.79 Å². The van der Waals surface area contributed by atoms with Crippen LogP contribution in [0.3, 0.4) is 0 Å². The Labute approximate surface area is 177 Å². The predicted octanol–water partition coefficient (Wildman–Crippen LogP) is 4.07. The minimum absolute atomic E-state index is 0.0139. The second-order valence-corrected chi connectivity index (χ2v) is 10.1. The largest absolute Gasteiger partial charge is 0.444 e. The second kappa shape index (κ2) is 10.6. The van der Waals surface area contributed by atoms with E-state index in [0.717, 1.165) is 0 Å². The minimum Gasteiger partial charge on any atom is -0.444 e. The molecule has 1 N–H and O–H groups in total. The van der Waals surface area contributed by atoms with Gasteiger partial charge in [0.15, 0.2) is 0 Å². The lowest BCUT2D eigenvalue weighted by Crippen LogP contribution is -2.33. The summed E-state index contributed by atoms with van der Waals surface area (Å²) in [4.78, 5) is 11.6. The predicted molar refractivity (Wildman–Crippen MR) is 110 cm³/mol. The smallest absolute Gasteiger partial charge is 0.407 e. The Bertz CT molecular complexity index is 779. The molecule has 0 atom stereocenters. The molecule has 0 aliphatic rings. The maximum atomic E-state index is 12.8. The average Bonchev–Trinajstić information content (AvgIpc) is 2.55. The normalized spacial score (nSPS) is 12.3. The summed E-state index contributed by atoms with van der Waals surface area (Å²) in [6.45, 7) is 6.20. The Hall–Kier alpha value is -1.06. The third-order valence-corrected chi connectivity index (χ3v) is 6.33. The fourth-order valence-corrected chi connectivity index (χ4v) is 4.32. The van der Waals surface area contributed by atoms with E-state index in [-0.39, 0.29) is 23.1 Å². The molecule has 0 bridgehead atoms. The first-order valence-corrected chi connectivity index (χ1v) is 11.0. The van der Waals surface area contributed by atoms with E-state index in [0.29, 0.717) is 30.0 Å². The van der Waals surface area contributed by atoms with Crippen LogP contribution in [0.2, 0.25) is 10.0 Å². The van der Waals surface area contributed by atoms with Crippen molar-refractivity contribution in [1.82, 2.24) is 9.62 Å². The van der Waals surface area contributed by atoms with E-state index in [1.165, 1.54) is 30.6 Å². The number of carbonyl (C=O) groups is 1. The standard InChI is InChI=1S/C18H28Cl2N2O5S/c1-18(2,3)27-17(23)21-8-6-7-9-22(4)28(24,25)16-10-13(12-26-5)14(19)11-15(16)20/h10-11H,6-9,12H2,1-5H3,(H,21,23). The van der Waals surface area contributed by atoms with Crippen molar-refractivity contribution < 1.29 is 22.7 Å². The van der Waals surface area contributed by atoms with Gasteiger partial charge in [0.2, 0.25) is 10.0 Å². The van der Waals surface area contributed by atoms with Crippen molar-refractivity contribution in [3.63, 3.8) is 0 Å². The van der Waals surface area contributed by atoms with Gasteiger partial charge in [-0.2, -0.15) is 0 Å². The van der Waals surface area contributed by atoms with Gasteiger partial charge in [-0.25, -0.2) is 17.5 Å². The van der Waals surface area contributed by atoms with Crippen LogP contribution in [0.25, 0.3) is 0 Å². The molecule has 0 heterocycles. The maximum Gasteiger partial charge on any atom is 0.407 e. The number of methoxy groups -OCH3 is 1. The van der Waals surface area contributed by atoms with Crippen molar-refractivity contribution in [2.45, 2.75) is 50.7 Å². The highest BCUT2D eigenvalue weighted by Crippen LogP contribution is 2.30. The number of amides is 1. The SMILES string of the molecule is COCc1cc(S(=O)(=O)N(C)CCCCNC(=O)OC(C)(C)C)c(Cl)cc1Cl. The molecule has 0 fully saturated rings. The van der Waals surface area contributed by atoms with Crippen molar-refractivity contribution in [2.75, 3.05) is 27.2 Å². The molecule has 0 saturated heterocycles. The Kier molecular flexibility index (Phi) is 9.49. The fraction of sp³-hybridized carbons (Fsp3) is 0.611. The fourth-order valence-electron chi connectivity index (χ4n) is 2.29. The maximum absolute atomic E-state index is 12.8. The highest BCUT2D eigenvalue weighted by molar-refractivity contribution is 7.89. The van der Waals surface area contributed by atoms with Gasteiger partial charge in [-0.3, -0.25) is 0 Å². The number of nitrogens with one attached hydrogen (secondary N) is 1. The first kappa shape index (κ1) is 25.0. The second-order valence-electron chi connectivity index (χ2n) is 7.27. The van der Waals surface area contributed by atoms with Gasteiger partial charge in [0.25, 0.3) is 0 Å². The minimum atomic E-state index is -3.78. The molecule has 0 aliphatic heterocycles. The van der Waals surface area contributed by atoms with Gasteiger partial charge in [0.1, 0.15) is 10.5 Å². The molecule has 160 valence electrons. The number of hydrogen-bond donors (Lipinski definition) is 1. The van der Waals surface area contributed by atoms with Gasteiger partial charge in [-0.05, 0) is 51.3 Å². The van der Waals surface area contributed by atoms with Gasteiger partial charge in [0.05, 0.1) is 11.6 Å². The number of alkyl carbamates (subject to hydrolysis) is 1. The van der Waals surface area contributed by atoms with Crippen LogP contribution in [-0.4, -0.2) is 51.7 Å². The Balaban J connectivity index is 2.63. The van der Waals surface area contributed by atoms with Crippen LogP contribution in [0.5, 0.6) is 0 Å². The molecular formula is C18H28Cl2N2O5S. The van der Waals surface area contributed by atoms with Gasteiger partial charge < -0.3 is 14.8 Å². The summed E-state index contributed by atoms with van der Waals surface area (Å²) in [5.41, 5.74) is -0.0140. The van der Waals surface area contributed by atoms with Crippen LogP contribution < -0.4 is 5.32 Å². The van der Waals surface area contributed by atoms with Crippen molar-refractivity contribution >= 4 is 39.3 Å². The molecule has 0 saturated carbocycles. The average molecular weight is 455 g/mol. The molecule has 1 amide bonds. The van der Waals surface area contributed by atoms with E-state index in [1.54, 1.807) is 20.8 Å². The lowest BCUT2D eigenvalue weighted by Gasteiger charge is -2.20. The first-order valence-electron chi connectivity index (χ1n) is 8.78. The third kappa shape index (κ3) is 7.75. The van der Waals surface area contributed by atoms with Crippen molar-refractivity contribution in [3.8, 4) is 0 Å². The number of rotatable bonds is 9. The van der Waals surface area contributed by atoms with Crippen molar-refractivity contribution in [2.24, 2.45) is 0 Å². The summed E-state index contributed by atoms with van der Waals surface area (Å²) in [5, 5.41) is 3.05. The summed E-state index contributed by atoms with van der Waals surface area (Å²) in [6, 6.07) is 2.84. The lowest BCUT2D eigenvalue weighted by atomic mass is 10.2. The number of nitrogens with zero attached hydrogens (tertiary/aromatic N) is 1. The summed E-state index contributed by atoms with van der Waals surface area (Å²) >= 11 is 12.2. The summed E-state index contributed by atoms with van der Waals surface area (Å²) in [7, 11) is -0.799. The summed E-state index contributed by atoms with van der Waals surface area (Å²) in [5.74, 6) is 0. The van der Waals surface area contributed by atoms with E-state index in [1.807, 2.05) is 0 Å². The number of hydrogen-bond acceptors (Lipinski definition) is 5. The van der Waals surface area contributed by atoms with E-state index in [4.69, 9.17) is 32.7 Å². The van der Waals surface area contributed by atoms with Crippen molar-refractivity contribution in [3.05, 3.63) is 27.7 Å². The third-order valence-electron chi connectivity index (χ3n) is 3.66. The molecule has 0 aromatic heterocycles. The molecule has 28 heavy (non-hydrogen) atoms. The zero-order valence-corrected chi connectivity index (χ0v) is 19.2. The number of carbonyl (C=O) groups excluding carboxylic acids is 1. The van der Waals surface area contributed by atoms with E-state index >= 15 is 0 Å². The van der Waals surface area contributed by atoms with Crippen LogP contribution in [0, 0.1) is 0 Å². The Morgan fingerprint density at radius 1 is 1.18 bits per heavy atom. The Morgan fingerprint density at radius 2 is 1.82 bits per heavy atom. The summed E-state index contributed by atoms with van der Waals surface area (Å²) < 4.78 is 37.0. The topological polar surface area (TPSA) is 84.9 Å². The van der Waals surface area contributed by atoms with Crippen LogP contribution in [0.1, 0.15) is 39.2 Å². The highest BCUT2D eigenvalue weighted by Gasteiger charge is 2.25. The van der Waals surface area contributed by atoms with Crippen LogP contribution >= 0.6 is 23.2 Å². The molecule has 1 rings (SSSR count). The number of benzene rings is 1. The number of unbranched alkanes of at least 4 members (excludes halogenated alkanes) is 1. The molecule has 0 spiro atoms. The van der Waals surface area contributed by atoms with Gasteiger partial charge >= 0.3 is 6.09 Å². The van der Waals surface area contributed by atoms with Crippen LogP contribution in [-0.2, 0) is 26.1 Å². The molecule has 0 aliphatic carbocycles. The molecule has 7 nitrogen and oxygen atoms in total. The van der Waals surface area contributed by atoms with Gasteiger partial charge in [-0.1, -0.05) is 23.2 Å². The van der Waals surface area contributed by atoms with Crippen LogP contribution in [0.15, 0.2) is 17.0 Å². The zero-order valence-electron chi connectivity index (χ0n) is 16.8. The summed E-state index contributed by atoms with van der Waals surface area (Å²) in [6.07, 6.45) is 0.663. The molecule has 0 radical (unpaired) electrons. The molecule has 1 aromatic carbocycles. The Morgan fingerprint density at radius 3 is 2.39 bits per heavy atom. The lowest BCUT2D eigenvalue weighted by molar-refractivity contribution is 0.0527. The quantitative estimate of drug-likeness (QED) is 0.568. The van der Waals surface area contributed by atoms with E-state index in [9.17, 15) is 13.2 Å². The monoisotopic (exact) mass is 454 g/mol. The molecule has 1 aromatic rings. The zero-order chi connectivity index (χ0) is 21.5. The highest BCUT2D eigenvalue weighted by atomic mass is 35.5. The van der Waals surface area contributed by atoms with Gasteiger partial charge in [-0.15, -0.1) is 0 Å². The number of ether oxygens (including phenoxy) is 2. The number of sulfonamides is 1. The molecule has 0 unspecified atom stereocenters.